The Labute approximate surface area is 127 Å². The van der Waals surface area contributed by atoms with E-state index in [0.717, 1.165) is 50.9 Å². The van der Waals surface area contributed by atoms with Crippen LogP contribution in [-0.4, -0.2) is 56.0 Å². The monoisotopic (exact) mass is 296 g/mol. The van der Waals surface area contributed by atoms with E-state index in [1.165, 1.54) is 0 Å². The summed E-state index contributed by atoms with van der Waals surface area (Å²) in [5.74, 6) is 0.870. The maximum Gasteiger partial charge on any atom is 0.147 e. The van der Waals surface area contributed by atoms with E-state index in [1.54, 1.807) is 0 Å². The van der Waals surface area contributed by atoms with Gasteiger partial charge in [0, 0.05) is 32.8 Å². The van der Waals surface area contributed by atoms with Gasteiger partial charge in [0.2, 0.25) is 0 Å². The number of rotatable bonds is 12. The first-order valence-electron chi connectivity index (χ1n) is 7.73. The van der Waals surface area contributed by atoms with Crippen molar-refractivity contribution in [2.24, 2.45) is 0 Å². The van der Waals surface area contributed by atoms with Crippen molar-refractivity contribution in [3.8, 4) is 0 Å². The highest BCUT2D eigenvalue weighted by Gasteiger charge is 2.08. The van der Waals surface area contributed by atoms with Crippen LogP contribution in [-0.2, 0) is 16.0 Å². The number of hydrogen-bond acceptors (Lipinski definition) is 6. The number of anilines is 1. The van der Waals surface area contributed by atoms with Crippen molar-refractivity contribution in [2.75, 3.05) is 51.0 Å². The van der Waals surface area contributed by atoms with E-state index < -0.39 is 0 Å². The molecule has 0 aliphatic heterocycles. The summed E-state index contributed by atoms with van der Waals surface area (Å²) in [6.45, 7) is 12.2. The molecule has 1 N–H and O–H groups in total. The van der Waals surface area contributed by atoms with Gasteiger partial charge < -0.3 is 19.7 Å². The molecule has 0 aliphatic rings. The third-order valence-corrected chi connectivity index (χ3v) is 2.99. The Balaban J connectivity index is 2.57. The molecular formula is C15H28N4O2. The minimum Gasteiger partial charge on any atom is -0.380 e. The van der Waals surface area contributed by atoms with Crippen molar-refractivity contribution in [2.45, 2.75) is 27.3 Å². The van der Waals surface area contributed by atoms with E-state index in [4.69, 9.17) is 9.47 Å². The van der Waals surface area contributed by atoms with Gasteiger partial charge in [-0.2, -0.15) is 0 Å². The molecule has 0 amide bonds. The second kappa shape index (κ2) is 11.4. The maximum atomic E-state index is 5.43. The van der Waals surface area contributed by atoms with Gasteiger partial charge in [0.05, 0.1) is 31.3 Å². The molecule has 1 aromatic rings. The van der Waals surface area contributed by atoms with Crippen LogP contribution in [0.25, 0.3) is 0 Å². The van der Waals surface area contributed by atoms with Gasteiger partial charge in [-0.3, -0.25) is 4.98 Å². The largest absolute Gasteiger partial charge is 0.380 e. The van der Waals surface area contributed by atoms with Gasteiger partial charge in [-0.1, -0.05) is 6.92 Å². The third kappa shape index (κ3) is 7.36. The van der Waals surface area contributed by atoms with Crippen molar-refractivity contribution < 1.29 is 9.47 Å². The van der Waals surface area contributed by atoms with Gasteiger partial charge >= 0.3 is 0 Å². The highest BCUT2D eigenvalue weighted by molar-refractivity contribution is 5.35. The van der Waals surface area contributed by atoms with Gasteiger partial charge in [-0.15, -0.1) is 0 Å². The zero-order valence-corrected chi connectivity index (χ0v) is 13.5. The molecule has 0 aliphatic carbocycles. The third-order valence-electron chi connectivity index (χ3n) is 2.99. The van der Waals surface area contributed by atoms with Gasteiger partial charge in [0.15, 0.2) is 0 Å². The minimum atomic E-state index is 0.684. The Morgan fingerprint density at radius 3 is 2.14 bits per heavy atom. The SMILES string of the molecule is CCNCc1cnc(N(CCOCC)CCOCC)cn1. The molecule has 0 saturated carbocycles. The summed E-state index contributed by atoms with van der Waals surface area (Å²) in [6, 6.07) is 0. The van der Waals surface area contributed by atoms with Crippen LogP contribution in [0, 0.1) is 0 Å². The molecular weight excluding hydrogens is 268 g/mol. The highest BCUT2D eigenvalue weighted by Crippen LogP contribution is 2.08. The number of hydrogen-bond donors (Lipinski definition) is 1. The Hall–Kier alpha value is -1.24. The summed E-state index contributed by atoms with van der Waals surface area (Å²) >= 11 is 0. The fraction of sp³-hybridized carbons (Fsp3) is 0.733. The van der Waals surface area contributed by atoms with Crippen LogP contribution in [0.3, 0.4) is 0 Å². The second-order valence-electron chi connectivity index (χ2n) is 4.53. The highest BCUT2D eigenvalue weighted by atomic mass is 16.5. The zero-order valence-electron chi connectivity index (χ0n) is 13.5. The topological polar surface area (TPSA) is 59.5 Å². The number of aromatic nitrogens is 2. The van der Waals surface area contributed by atoms with Gasteiger partial charge in [0.25, 0.3) is 0 Å². The van der Waals surface area contributed by atoms with Gasteiger partial charge in [-0.25, -0.2) is 4.98 Å². The average molecular weight is 296 g/mol. The lowest BCUT2D eigenvalue weighted by Crippen LogP contribution is -2.32. The first-order chi connectivity index (χ1) is 10.3. The lowest BCUT2D eigenvalue weighted by atomic mass is 10.4. The van der Waals surface area contributed by atoms with Crippen LogP contribution >= 0.6 is 0 Å². The molecule has 0 saturated heterocycles. The molecule has 0 radical (unpaired) electrons. The average Bonchev–Trinajstić information content (AvgIpc) is 2.52. The fourth-order valence-electron chi connectivity index (χ4n) is 1.83. The molecule has 0 aromatic carbocycles. The van der Waals surface area contributed by atoms with Crippen molar-refractivity contribution in [3.63, 3.8) is 0 Å². The Morgan fingerprint density at radius 2 is 1.67 bits per heavy atom. The summed E-state index contributed by atoms with van der Waals surface area (Å²) in [6.07, 6.45) is 3.65. The van der Waals surface area contributed by atoms with Crippen LogP contribution in [0.15, 0.2) is 12.4 Å². The lowest BCUT2D eigenvalue weighted by molar-refractivity contribution is 0.141. The van der Waals surface area contributed by atoms with Crippen molar-refractivity contribution in [1.29, 1.82) is 0 Å². The zero-order chi connectivity index (χ0) is 15.3. The standard InChI is InChI=1S/C15H28N4O2/c1-4-16-11-14-12-18-15(13-17-14)19(7-9-20-5-2)8-10-21-6-3/h12-13,16H,4-11H2,1-3H3. The number of ether oxygens (including phenoxy) is 2. The molecule has 6 nitrogen and oxygen atoms in total. The van der Waals surface area contributed by atoms with Crippen LogP contribution in [0.2, 0.25) is 0 Å². The second-order valence-corrected chi connectivity index (χ2v) is 4.53. The fourth-order valence-corrected chi connectivity index (χ4v) is 1.83. The Bertz CT molecular complexity index is 349. The van der Waals surface area contributed by atoms with E-state index in [9.17, 15) is 0 Å². The minimum absolute atomic E-state index is 0.684. The number of nitrogens with one attached hydrogen (secondary N) is 1. The summed E-state index contributed by atoms with van der Waals surface area (Å²) < 4.78 is 10.9. The molecule has 0 fully saturated rings. The molecule has 0 bridgehead atoms. The van der Waals surface area contributed by atoms with E-state index in [0.29, 0.717) is 13.2 Å². The van der Waals surface area contributed by atoms with Crippen LogP contribution in [0.1, 0.15) is 26.5 Å². The van der Waals surface area contributed by atoms with Crippen molar-refractivity contribution >= 4 is 5.82 Å². The molecule has 21 heavy (non-hydrogen) atoms. The normalized spacial score (nSPS) is 10.8. The molecule has 6 heteroatoms. The summed E-state index contributed by atoms with van der Waals surface area (Å²) in [4.78, 5) is 11.1. The van der Waals surface area contributed by atoms with E-state index in [1.807, 2.05) is 26.2 Å². The van der Waals surface area contributed by atoms with Gasteiger partial charge in [-0.05, 0) is 20.4 Å². The van der Waals surface area contributed by atoms with E-state index in [2.05, 4.69) is 27.1 Å². The molecule has 0 spiro atoms. The molecule has 0 unspecified atom stereocenters. The number of nitrogens with zero attached hydrogens (tertiary/aromatic N) is 3. The van der Waals surface area contributed by atoms with Crippen molar-refractivity contribution in [1.82, 2.24) is 15.3 Å². The maximum absolute atomic E-state index is 5.43. The summed E-state index contributed by atoms with van der Waals surface area (Å²) in [5, 5.41) is 3.24. The first-order valence-corrected chi connectivity index (χ1v) is 7.73. The van der Waals surface area contributed by atoms with Gasteiger partial charge in [0.1, 0.15) is 5.82 Å². The van der Waals surface area contributed by atoms with E-state index in [-0.39, 0.29) is 0 Å². The van der Waals surface area contributed by atoms with Crippen LogP contribution in [0.5, 0.6) is 0 Å². The van der Waals surface area contributed by atoms with Crippen molar-refractivity contribution in [3.05, 3.63) is 18.1 Å². The Kier molecular flexibility index (Phi) is 9.69. The first kappa shape index (κ1) is 17.8. The summed E-state index contributed by atoms with van der Waals surface area (Å²) in [7, 11) is 0. The van der Waals surface area contributed by atoms with Crippen LogP contribution < -0.4 is 10.2 Å². The molecule has 1 aromatic heterocycles. The molecule has 0 atom stereocenters. The molecule has 120 valence electrons. The summed E-state index contributed by atoms with van der Waals surface area (Å²) in [5.41, 5.74) is 0.954. The quantitative estimate of drug-likeness (QED) is 0.589. The predicted molar refractivity (Wildman–Crippen MR) is 84.6 cm³/mol. The predicted octanol–water partition coefficient (Wildman–Crippen LogP) is 1.47. The molecule has 1 rings (SSSR count). The lowest BCUT2D eigenvalue weighted by Gasteiger charge is -2.23. The van der Waals surface area contributed by atoms with Crippen LogP contribution in [0.4, 0.5) is 5.82 Å². The smallest absolute Gasteiger partial charge is 0.147 e. The van der Waals surface area contributed by atoms with E-state index >= 15 is 0 Å². The Morgan fingerprint density at radius 1 is 1.00 bits per heavy atom. The molecule has 1 heterocycles.